The zero-order chi connectivity index (χ0) is 23.7. The molecular formula is C22H34N2O7. The van der Waals surface area contributed by atoms with Crippen LogP contribution in [0.15, 0.2) is 30.3 Å². The third-order valence-corrected chi connectivity index (χ3v) is 3.75. The molecule has 0 aromatic heterocycles. The van der Waals surface area contributed by atoms with E-state index in [-0.39, 0.29) is 26.3 Å². The van der Waals surface area contributed by atoms with Crippen molar-refractivity contribution >= 4 is 18.2 Å². The molecule has 31 heavy (non-hydrogen) atoms. The first-order valence-corrected chi connectivity index (χ1v) is 10.1. The van der Waals surface area contributed by atoms with E-state index in [9.17, 15) is 19.5 Å². The molecule has 0 saturated carbocycles. The van der Waals surface area contributed by atoms with Crippen molar-refractivity contribution in [3.05, 3.63) is 35.9 Å². The van der Waals surface area contributed by atoms with Gasteiger partial charge in [-0.1, -0.05) is 30.3 Å². The third kappa shape index (κ3) is 11.4. The molecule has 2 amide bonds. The van der Waals surface area contributed by atoms with Crippen LogP contribution >= 0.6 is 0 Å². The predicted octanol–water partition coefficient (Wildman–Crippen LogP) is 3.42. The minimum Gasteiger partial charge on any atom is -0.480 e. The van der Waals surface area contributed by atoms with Gasteiger partial charge in [0.1, 0.15) is 18.2 Å². The maximum Gasteiger partial charge on any atom is 0.419 e. The number of nitrogens with zero attached hydrogens (tertiary/aromatic N) is 1. The van der Waals surface area contributed by atoms with Gasteiger partial charge in [-0.25, -0.2) is 14.5 Å². The van der Waals surface area contributed by atoms with E-state index in [0.29, 0.717) is 0 Å². The van der Waals surface area contributed by atoms with E-state index in [1.165, 1.54) is 0 Å². The first kappa shape index (κ1) is 26.4. The molecular weight excluding hydrogens is 404 g/mol. The van der Waals surface area contributed by atoms with Crippen LogP contribution in [0, 0.1) is 0 Å². The molecule has 9 heteroatoms. The van der Waals surface area contributed by atoms with Crippen LogP contribution in [0.25, 0.3) is 0 Å². The van der Waals surface area contributed by atoms with Crippen LogP contribution in [0.2, 0.25) is 0 Å². The van der Waals surface area contributed by atoms with Crippen molar-refractivity contribution in [1.82, 2.24) is 10.2 Å². The predicted molar refractivity (Wildman–Crippen MR) is 115 cm³/mol. The number of hydrogen-bond donors (Lipinski definition) is 2. The molecule has 0 heterocycles. The highest BCUT2D eigenvalue weighted by Gasteiger charge is 2.29. The second kappa shape index (κ2) is 11.7. The summed E-state index contributed by atoms with van der Waals surface area (Å²) in [4.78, 5) is 37.3. The van der Waals surface area contributed by atoms with Gasteiger partial charge >= 0.3 is 18.2 Å². The topological polar surface area (TPSA) is 114 Å². The van der Waals surface area contributed by atoms with Crippen molar-refractivity contribution < 1.29 is 33.7 Å². The van der Waals surface area contributed by atoms with Crippen molar-refractivity contribution in [2.75, 3.05) is 19.7 Å². The Hall–Kier alpha value is -2.65. The van der Waals surface area contributed by atoms with Gasteiger partial charge in [0, 0.05) is 13.1 Å². The average Bonchev–Trinajstić information content (AvgIpc) is 2.63. The number of carboxylic acid groups (broad SMARTS) is 1. The molecule has 0 saturated heterocycles. The van der Waals surface area contributed by atoms with E-state index in [4.69, 9.17) is 14.2 Å². The molecule has 0 radical (unpaired) electrons. The Bertz CT molecular complexity index is 724. The second-order valence-electron chi connectivity index (χ2n) is 8.94. The molecule has 0 aliphatic heterocycles. The molecule has 1 atom stereocenters. The lowest BCUT2D eigenvalue weighted by molar-refractivity contribution is -0.142. The Kier molecular flexibility index (Phi) is 9.93. The highest BCUT2D eigenvalue weighted by atomic mass is 16.6. The normalized spacial score (nSPS) is 12.7. The minimum absolute atomic E-state index is 0.0103. The number of amides is 2. The Labute approximate surface area is 183 Å². The number of benzene rings is 1. The molecule has 1 rings (SSSR count). The molecule has 0 aliphatic carbocycles. The van der Waals surface area contributed by atoms with Gasteiger partial charge < -0.3 is 24.6 Å². The number of carbonyl (C=O) groups excluding carboxylic acids is 2. The smallest absolute Gasteiger partial charge is 0.419 e. The van der Waals surface area contributed by atoms with E-state index < -0.39 is 35.4 Å². The molecule has 0 bridgehead atoms. The van der Waals surface area contributed by atoms with Gasteiger partial charge in [0.15, 0.2) is 0 Å². The summed E-state index contributed by atoms with van der Waals surface area (Å²) in [6.07, 6.45) is -1.75. The summed E-state index contributed by atoms with van der Waals surface area (Å²) >= 11 is 0. The second-order valence-corrected chi connectivity index (χ2v) is 8.94. The lowest BCUT2D eigenvalue weighted by Gasteiger charge is -2.27. The van der Waals surface area contributed by atoms with Crippen LogP contribution in [-0.4, -0.2) is 65.1 Å². The number of nitrogens with one attached hydrogen (secondary N) is 1. The summed E-state index contributed by atoms with van der Waals surface area (Å²) in [6, 6.07) is 8.04. The lowest BCUT2D eigenvalue weighted by Crippen LogP contribution is -2.48. The molecule has 2 N–H and O–H groups in total. The minimum atomic E-state index is -1.10. The number of carboxylic acids is 1. The lowest BCUT2D eigenvalue weighted by atomic mass is 10.2. The van der Waals surface area contributed by atoms with E-state index >= 15 is 0 Å². The molecule has 0 fully saturated rings. The fourth-order valence-corrected chi connectivity index (χ4v) is 2.27. The Morgan fingerprint density at radius 2 is 1.61 bits per heavy atom. The molecule has 1 aromatic carbocycles. The van der Waals surface area contributed by atoms with Gasteiger partial charge in [-0.15, -0.1) is 0 Å². The van der Waals surface area contributed by atoms with E-state index in [2.05, 4.69) is 5.32 Å². The molecule has 0 spiro atoms. The number of hydrogen-bond acceptors (Lipinski definition) is 7. The highest BCUT2D eigenvalue weighted by molar-refractivity contribution is 5.88. The fourth-order valence-electron chi connectivity index (χ4n) is 2.27. The summed E-state index contributed by atoms with van der Waals surface area (Å²) in [5, 5.41) is 12.2. The standard InChI is InChI=1S/C22H34N2O7/c1-21(2,3)30-15-17(18(25)26)23-12-13-24(20(28)31-22(4,5)6)19(27)29-14-16-10-8-7-9-11-16/h7-11,17,23H,12-15H2,1-6H3,(H,25,26)/t17-/m1/s1. The van der Waals surface area contributed by atoms with Crippen LogP contribution in [-0.2, 0) is 25.6 Å². The zero-order valence-electron chi connectivity index (χ0n) is 19.1. The first-order valence-electron chi connectivity index (χ1n) is 10.1. The zero-order valence-corrected chi connectivity index (χ0v) is 19.1. The molecule has 9 nitrogen and oxygen atoms in total. The Morgan fingerprint density at radius 3 is 2.13 bits per heavy atom. The first-order chi connectivity index (χ1) is 14.3. The number of carbonyl (C=O) groups is 3. The molecule has 1 aromatic rings. The SMILES string of the molecule is CC(C)(C)OC[C@@H](NCCN(C(=O)OCc1ccccc1)C(=O)OC(C)(C)C)C(=O)O. The van der Waals surface area contributed by atoms with Gasteiger partial charge in [0.25, 0.3) is 0 Å². The molecule has 174 valence electrons. The van der Waals surface area contributed by atoms with Crippen LogP contribution in [0.3, 0.4) is 0 Å². The van der Waals surface area contributed by atoms with Gasteiger partial charge in [0.2, 0.25) is 0 Å². The van der Waals surface area contributed by atoms with E-state index in [1.54, 1.807) is 32.9 Å². The van der Waals surface area contributed by atoms with Crippen LogP contribution < -0.4 is 5.32 Å². The molecule has 0 aliphatic rings. The summed E-state index contributed by atoms with van der Waals surface area (Å²) in [6.45, 7) is 10.3. The summed E-state index contributed by atoms with van der Waals surface area (Å²) < 4.78 is 16.0. The average molecular weight is 439 g/mol. The van der Waals surface area contributed by atoms with E-state index in [1.807, 2.05) is 39.0 Å². The van der Waals surface area contributed by atoms with Crippen LogP contribution in [0.5, 0.6) is 0 Å². The van der Waals surface area contributed by atoms with Crippen molar-refractivity contribution in [1.29, 1.82) is 0 Å². The van der Waals surface area contributed by atoms with E-state index in [0.717, 1.165) is 10.5 Å². The van der Waals surface area contributed by atoms with Crippen LogP contribution in [0.1, 0.15) is 47.1 Å². The Morgan fingerprint density at radius 1 is 1.00 bits per heavy atom. The quantitative estimate of drug-likeness (QED) is 0.603. The maximum atomic E-state index is 12.5. The number of imide groups is 1. The maximum absolute atomic E-state index is 12.5. The van der Waals surface area contributed by atoms with Crippen molar-refractivity contribution in [3.8, 4) is 0 Å². The van der Waals surface area contributed by atoms with Gasteiger partial charge in [-0.05, 0) is 47.1 Å². The fraction of sp³-hybridized carbons (Fsp3) is 0.591. The van der Waals surface area contributed by atoms with Crippen molar-refractivity contribution in [3.63, 3.8) is 0 Å². The summed E-state index contributed by atoms with van der Waals surface area (Å²) in [7, 11) is 0. The number of aliphatic carboxylic acids is 1. The Balaban J connectivity index is 2.75. The van der Waals surface area contributed by atoms with Crippen molar-refractivity contribution in [2.45, 2.75) is 65.4 Å². The van der Waals surface area contributed by atoms with Crippen molar-refractivity contribution in [2.24, 2.45) is 0 Å². The third-order valence-electron chi connectivity index (χ3n) is 3.75. The monoisotopic (exact) mass is 438 g/mol. The van der Waals surface area contributed by atoms with Gasteiger partial charge in [0.05, 0.1) is 12.2 Å². The number of ether oxygens (including phenoxy) is 3. The number of rotatable bonds is 9. The summed E-state index contributed by atoms with van der Waals surface area (Å²) in [5.41, 5.74) is -0.547. The summed E-state index contributed by atoms with van der Waals surface area (Å²) in [5.74, 6) is -1.10. The highest BCUT2D eigenvalue weighted by Crippen LogP contribution is 2.12. The van der Waals surface area contributed by atoms with Gasteiger partial charge in [-0.3, -0.25) is 4.79 Å². The molecule has 0 unspecified atom stereocenters. The van der Waals surface area contributed by atoms with Gasteiger partial charge in [-0.2, -0.15) is 0 Å². The largest absolute Gasteiger partial charge is 0.480 e. The van der Waals surface area contributed by atoms with Crippen LogP contribution in [0.4, 0.5) is 9.59 Å².